The minimum Gasteiger partial charge on any atom is -0.360 e. The molecule has 3 N–H and O–H groups in total. The van der Waals surface area contributed by atoms with Gasteiger partial charge in [-0.2, -0.15) is 15.6 Å². The van der Waals surface area contributed by atoms with E-state index in [1.807, 2.05) is 24.3 Å². The van der Waals surface area contributed by atoms with Crippen molar-refractivity contribution in [1.82, 2.24) is 30.8 Å². The molecule has 0 spiro atoms. The van der Waals surface area contributed by atoms with Crippen LogP contribution in [-0.4, -0.2) is 30.8 Å². The first-order chi connectivity index (χ1) is 9.36. The molecule has 0 unspecified atom stereocenters. The third-order valence-electron chi connectivity index (χ3n) is 2.53. The predicted octanol–water partition coefficient (Wildman–Crippen LogP) is 1.05. The van der Waals surface area contributed by atoms with E-state index in [0.717, 1.165) is 16.6 Å². The predicted molar refractivity (Wildman–Crippen MR) is 67.5 cm³/mol. The molecule has 0 amide bonds. The second kappa shape index (κ2) is 4.58. The van der Waals surface area contributed by atoms with E-state index in [2.05, 4.69) is 36.1 Å². The molecule has 0 atom stereocenters. The number of hydrogen-bond donors (Lipinski definition) is 3. The Morgan fingerprint density at radius 2 is 2.37 bits per heavy atom. The van der Waals surface area contributed by atoms with E-state index >= 15 is 0 Å². The molecule has 0 saturated heterocycles. The molecule has 0 aliphatic heterocycles. The largest absolute Gasteiger partial charge is 0.360 e. The monoisotopic (exact) mass is 252 g/mol. The fourth-order valence-electron chi connectivity index (χ4n) is 1.61. The van der Waals surface area contributed by atoms with Gasteiger partial charge in [-0.05, 0) is 23.4 Å². The van der Waals surface area contributed by atoms with Gasteiger partial charge in [-0.3, -0.25) is 5.10 Å². The highest BCUT2D eigenvalue weighted by molar-refractivity contribution is 5.82. The minimum absolute atomic E-state index is 0.249. The van der Waals surface area contributed by atoms with Crippen LogP contribution in [0.15, 0.2) is 30.6 Å². The Balaban J connectivity index is 1.86. The van der Waals surface area contributed by atoms with Crippen LogP contribution in [0.4, 0.5) is 5.69 Å². The lowest BCUT2D eigenvalue weighted by atomic mass is 10.2. The molecule has 0 radical (unpaired) electrons. The maximum atomic E-state index is 9.02. The van der Waals surface area contributed by atoms with E-state index in [9.17, 15) is 0 Å². The number of fused-ring (bicyclic) bond motifs is 1. The third kappa shape index (κ3) is 2.12. The van der Waals surface area contributed by atoms with Crippen molar-refractivity contribution in [2.75, 3.05) is 5.32 Å². The quantitative estimate of drug-likeness (QED) is 0.599. The zero-order valence-corrected chi connectivity index (χ0v) is 9.62. The second-order valence-electron chi connectivity index (χ2n) is 3.72. The van der Waals surface area contributed by atoms with Gasteiger partial charge < -0.3 is 5.32 Å². The zero-order chi connectivity index (χ0) is 13.1. The molecule has 8 heteroatoms. The number of aromatic amines is 2. The first-order valence-electron chi connectivity index (χ1n) is 5.40. The summed E-state index contributed by atoms with van der Waals surface area (Å²) in [5, 5.41) is 33.0. The highest BCUT2D eigenvalue weighted by Crippen LogP contribution is 2.17. The summed E-state index contributed by atoms with van der Waals surface area (Å²) in [5.74, 6) is 0.249. The average Bonchev–Trinajstić information content (AvgIpc) is 3.10. The number of tetrazole rings is 1. The van der Waals surface area contributed by atoms with Crippen molar-refractivity contribution in [2.45, 2.75) is 0 Å². The van der Waals surface area contributed by atoms with Crippen LogP contribution in [0.3, 0.4) is 0 Å². The van der Waals surface area contributed by atoms with Crippen LogP contribution in [0.5, 0.6) is 0 Å². The lowest BCUT2D eigenvalue weighted by Crippen LogP contribution is -1.92. The first-order valence-corrected chi connectivity index (χ1v) is 5.40. The summed E-state index contributed by atoms with van der Waals surface area (Å²) < 4.78 is 0. The number of nitriles is 1. The number of allylic oxidation sites excluding steroid dienone is 1. The van der Waals surface area contributed by atoms with E-state index < -0.39 is 0 Å². The van der Waals surface area contributed by atoms with Crippen LogP contribution >= 0.6 is 0 Å². The zero-order valence-electron chi connectivity index (χ0n) is 9.62. The Morgan fingerprint density at radius 1 is 1.42 bits per heavy atom. The molecule has 2 aromatic heterocycles. The number of nitrogens with one attached hydrogen (secondary N) is 3. The van der Waals surface area contributed by atoms with Crippen molar-refractivity contribution < 1.29 is 0 Å². The number of H-pyrrole nitrogens is 2. The Morgan fingerprint density at radius 3 is 3.16 bits per heavy atom. The van der Waals surface area contributed by atoms with Gasteiger partial charge in [0.1, 0.15) is 11.6 Å². The van der Waals surface area contributed by atoms with Crippen LogP contribution in [0, 0.1) is 11.3 Å². The van der Waals surface area contributed by atoms with E-state index in [1.54, 1.807) is 6.20 Å². The van der Waals surface area contributed by atoms with Crippen molar-refractivity contribution in [3.63, 3.8) is 0 Å². The lowest BCUT2D eigenvalue weighted by Gasteiger charge is -2.00. The van der Waals surface area contributed by atoms with Crippen LogP contribution in [0.2, 0.25) is 0 Å². The molecule has 92 valence electrons. The average molecular weight is 252 g/mol. The Kier molecular flexibility index (Phi) is 2.63. The molecule has 1 aromatic carbocycles. The van der Waals surface area contributed by atoms with E-state index in [4.69, 9.17) is 5.26 Å². The van der Waals surface area contributed by atoms with Gasteiger partial charge >= 0.3 is 0 Å². The fraction of sp³-hybridized carbons (Fsp3) is 0. The summed E-state index contributed by atoms with van der Waals surface area (Å²) in [6.45, 7) is 0. The molecule has 0 aliphatic carbocycles. The highest BCUT2D eigenvalue weighted by Gasteiger charge is 2.05. The van der Waals surface area contributed by atoms with Crippen molar-refractivity contribution >= 4 is 22.2 Å². The number of anilines is 1. The van der Waals surface area contributed by atoms with Crippen LogP contribution in [0.25, 0.3) is 16.5 Å². The van der Waals surface area contributed by atoms with Crippen molar-refractivity contribution in [2.24, 2.45) is 0 Å². The van der Waals surface area contributed by atoms with Gasteiger partial charge in [-0.25, -0.2) is 0 Å². The second-order valence-corrected chi connectivity index (χ2v) is 3.72. The van der Waals surface area contributed by atoms with Crippen LogP contribution in [-0.2, 0) is 0 Å². The summed E-state index contributed by atoms with van der Waals surface area (Å²) in [6, 6.07) is 7.70. The third-order valence-corrected chi connectivity index (χ3v) is 2.53. The molecule has 8 nitrogen and oxygen atoms in total. The Bertz CT molecular complexity index is 761. The molecule has 19 heavy (non-hydrogen) atoms. The summed E-state index contributed by atoms with van der Waals surface area (Å²) in [5.41, 5.74) is 2.08. The summed E-state index contributed by atoms with van der Waals surface area (Å²) in [6.07, 6.45) is 3.26. The minimum atomic E-state index is 0.249. The topological polar surface area (TPSA) is 119 Å². The fourth-order valence-corrected chi connectivity index (χ4v) is 1.61. The van der Waals surface area contributed by atoms with Gasteiger partial charge in [-0.15, -0.1) is 10.2 Å². The summed E-state index contributed by atoms with van der Waals surface area (Å²) >= 11 is 0. The maximum absolute atomic E-state index is 9.02. The molecule has 0 aliphatic rings. The van der Waals surface area contributed by atoms with Crippen LogP contribution < -0.4 is 5.32 Å². The normalized spacial score (nSPS) is 11.4. The Hall–Kier alpha value is -3.21. The molecular weight excluding hydrogens is 244 g/mol. The van der Waals surface area contributed by atoms with Gasteiger partial charge in [0.15, 0.2) is 0 Å². The standard InChI is InChI=1S/C11H8N8/c12-4-8(11-16-18-19-17-11)5-13-9-1-2-10-7(3-9)6-14-15-10/h1-3,5-6,13H,(H,14,15)(H,16,17,18,19). The van der Waals surface area contributed by atoms with Gasteiger partial charge in [0, 0.05) is 17.3 Å². The van der Waals surface area contributed by atoms with Crippen molar-refractivity contribution in [1.29, 1.82) is 5.26 Å². The number of benzene rings is 1. The first kappa shape index (κ1) is 10.9. The van der Waals surface area contributed by atoms with E-state index in [0.29, 0.717) is 5.57 Å². The van der Waals surface area contributed by atoms with Gasteiger partial charge in [0.25, 0.3) is 0 Å². The van der Waals surface area contributed by atoms with E-state index in [1.165, 1.54) is 6.20 Å². The molecule has 2 heterocycles. The molecule has 0 bridgehead atoms. The smallest absolute Gasteiger partial charge is 0.216 e. The van der Waals surface area contributed by atoms with Crippen molar-refractivity contribution in [3.05, 3.63) is 36.4 Å². The SMILES string of the molecule is N#CC(=CNc1ccc2[nH]ncc2c1)c1nn[nH]n1. The summed E-state index contributed by atoms with van der Waals surface area (Å²) in [4.78, 5) is 0. The molecule has 0 fully saturated rings. The van der Waals surface area contributed by atoms with Gasteiger partial charge in [0.2, 0.25) is 5.82 Å². The van der Waals surface area contributed by atoms with Crippen molar-refractivity contribution in [3.8, 4) is 6.07 Å². The molecule has 3 aromatic rings. The number of hydrogen-bond acceptors (Lipinski definition) is 6. The van der Waals surface area contributed by atoms with Gasteiger partial charge in [-0.1, -0.05) is 0 Å². The molecule has 3 rings (SSSR count). The summed E-state index contributed by atoms with van der Waals surface area (Å²) in [7, 11) is 0. The molecular formula is C11H8N8. The Labute approximate surface area is 107 Å². The highest BCUT2D eigenvalue weighted by atomic mass is 15.5. The number of nitrogens with zero attached hydrogens (tertiary/aromatic N) is 5. The number of rotatable bonds is 3. The lowest BCUT2D eigenvalue weighted by molar-refractivity contribution is 0.881. The van der Waals surface area contributed by atoms with Crippen LogP contribution in [0.1, 0.15) is 5.82 Å². The van der Waals surface area contributed by atoms with Gasteiger partial charge in [0.05, 0.1) is 11.7 Å². The maximum Gasteiger partial charge on any atom is 0.216 e. The molecule has 0 saturated carbocycles. The number of aromatic nitrogens is 6. The van der Waals surface area contributed by atoms with E-state index in [-0.39, 0.29) is 5.82 Å².